The Balaban J connectivity index is 1.73. The topological polar surface area (TPSA) is 30.2 Å². The summed E-state index contributed by atoms with van der Waals surface area (Å²) in [7, 11) is 0. The number of hydrogen-bond acceptors (Lipinski definition) is 3. The number of furan rings is 1. The highest BCUT2D eigenvalue weighted by Gasteiger charge is 2.12. The van der Waals surface area contributed by atoms with Crippen LogP contribution in [-0.4, -0.2) is 11.5 Å². The van der Waals surface area contributed by atoms with E-state index in [0.29, 0.717) is 11.5 Å². The molecular formula is C16H11BrO2S. The van der Waals surface area contributed by atoms with Crippen molar-refractivity contribution in [2.75, 3.05) is 5.75 Å². The standard InChI is InChI=1S/C16H11BrO2S/c17-12-5-3-6-13(9-12)20-10-14(18)16-8-11-4-1-2-7-15(11)19-16/h1-9H,10H2. The first-order valence-electron chi connectivity index (χ1n) is 6.12. The molecule has 0 aliphatic rings. The van der Waals surface area contributed by atoms with Crippen LogP contribution in [0.4, 0.5) is 0 Å². The van der Waals surface area contributed by atoms with E-state index in [1.54, 1.807) is 6.07 Å². The smallest absolute Gasteiger partial charge is 0.208 e. The summed E-state index contributed by atoms with van der Waals surface area (Å²) in [5.41, 5.74) is 0.753. The minimum atomic E-state index is 0.00572. The van der Waals surface area contributed by atoms with Crippen molar-refractivity contribution in [3.05, 3.63) is 64.8 Å². The van der Waals surface area contributed by atoms with Gasteiger partial charge in [0.1, 0.15) is 5.58 Å². The molecule has 2 aromatic carbocycles. The van der Waals surface area contributed by atoms with Gasteiger partial charge < -0.3 is 4.42 Å². The number of benzene rings is 2. The average molecular weight is 347 g/mol. The first kappa shape index (κ1) is 13.5. The molecular weight excluding hydrogens is 336 g/mol. The van der Waals surface area contributed by atoms with E-state index >= 15 is 0 Å². The number of thioether (sulfide) groups is 1. The highest BCUT2D eigenvalue weighted by Crippen LogP contribution is 2.24. The molecule has 0 atom stereocenters. The molecule has 0 spiro atoms. The van der Waals surface area contributed by atoms with Gasteiger partial charge in [0.05, 0.1) is 5.75 Å². The molecule has 0 bridgehead atoms. The summed E-state index contributed by atoms with van der Waals surface area (Å²) >= 11 is 4.93. The Bertz CT molecular complexity index is 731. The van der Waals surface area contributed by atoms with Crippen molar-refractivity contribution >= 4 is 44.4 Å². The zero-order valence-corrected chi connectivity index (χ0v) is 12.9. The zero-order valence-electron chi connectivity index (χ0n) is 10.5. The third-order valence-corrected chi connectivity index (χ3v) is 4.35. The van der Waals surface area contributed by atoms with Gasteiger partial charge in [0.15, 0.2) is 5.76 Å². The van der Waals surface area contributed by atoms with Crippen LogP contribution in [0.5, 0.6) is 0 Å². The van der Waals surface area contributed by atoms with E-state index in [9.17, 15) is 4.79 Å². The Hall–Kier alpha value is -1.52. The highest BCUT2D eigenvalue weighted by atomic mass is 79.9. The van der Waals surface area contributed by atoms with Gasteiger partial charge in [-0.15, -0.1) is 11.8 Å². The predicted octanol–water partition coefficient (Wildman–Crippen LogP) is 5.17. The summed E-state index contributed by atoms with van der Waals surface area (Å²) < 4.78 is 6.58. The molecule has 2 nitrogen and oxygen atoms in total. The first-order chi connectivity index (χ1) is 9.72. The maximum atomic E-state index is 12.1. The molecule has 1 aromatic heterocycles. The molecule has 0 radical (unpaired) electrons. The lowest BCUT2D eigenvalue weighted by atomic mass is 10.2. The quantitative estimate of drug-likeness (QED) is 0.482. The van der Waals surface area contributed by atoms with Crippen LogP contribution >= 0.6 is 27.7 Å². The van der Waals surface area contributed by atoms with Gasteiger partial charge >= 0.3 is 0 Å². The fraction of sp³-hybridized carbons (Fsp3) is 0.0625. The lowest BCUT2D eigenvalue weighted by Crippen LogP contribution is -2.00. The molecule has 20 heavy (non-hydrogen) atoms. The summed E-state index contributed by atoms with van der Waals surface area (Å²) in [6.07, 6.45) is 0. The number of Topliss-reactive ketones (excluding diaryl/α,β-unsaturated/α-hetero) is 1. The molecule has 0 N–H and O–H groups in total. The molecule has 0 aliphatic heterocycles. The largest absolute Gasteiger partial charge is 0.453 e. The number of rotatable bonds is 4. The molecule has 0 aliphatic carbocycles. The van der Waals surface area contributed by atoms with Gasteiger partial charge in [-0.05, 0) is 30.3 Å². The predicted molar refractivity (Wildman–Crippen MR) is 85.4 cm³/mol. The molecule has 0 fully saturated rings. The monoisotopic (exact) mass is 346 g/mol. The number of carbonyl (C=O) groups excluding carboxylic acids is 1. The molecule has 0 unspecified atom stereocenters. The Morgan fingerprint density at radius 1 is 1.10 bits per heavy atom. The second-order valence-electron chi connectivity index (χ2n) is 4.32. The average Bonchev–Trinajstić information content (AvgIpc) is 2.89. The van der Waals surface area contributed by atoms with Crippen molar-refractivity contribution < 1.29 is 9.21 Å². The van der Waals surface area contributed by atoms with E-state index in [1.165, 1.54) is 11.8 Å². The third-order valence-electron chi connectivity index (χ3n) is 2.87. The van der Waals surface area contributed by atoms with E-state index in [1.807, 2.05) is 48.5 Å². The Kier molecular flexibility index (Phi) is 3.94. The number of halogens is 1. The van der Waals surface area contributed by atoms with Crippen molar-refractivity contribution in [1.82, 2.24) is 0 Å². The van der Waals surface area contributed by atoms with Crippen LogP contribution in [0.1, 0.15) is 10.6 Å². The van der Waals surface area contributed by atoms with Crippen LogP contribution in [0.3, 0.4) is 0 Å². The Labute approximate surface area is 129 Å². The first-order valence-corrected chi connectivity index (χ1v) is 7.90. The van der Waals surface area contributed by atoms with Crippen LogP contribution in [0.25, 0.3) is 11.0 Å². The van der Waals surface area contributed by atoms with Gasteiger partial charge in [0.2, 0.25) is 5.78 Å². The number of carbonyl (C=O) groups is 1. The molecule has 3 rings (SSSR count). The maximum absolute atomic E-state index is 12.1. The second kappa shape index (κ2) is 5.85. The molecule has 3 aromatic rings. The Morgan fingerprint density at radius 3 is 2.75 bits per heavy atom. The van der Waals surface area contributed by atoms with Crippen LogP contribution in [0.15, 0.2) is 68.4 Å². The Morgan fingerprint density at radius 2 is 1.95 bits per heavy atom. The maximum Gasteiger partial charge on any atom is 0.208 e. The zero-order chi connectivity index (χ0) is 13.9. The van der Waals surface area contributed by atoms with Gasteiger partial charge in [-0.25, -0.2) is 0 Å². The van der Waals surface area contributed by atoms with Gasteiger partial charge in [-0.1, -0.05) is 40.2 Å². The van der Waals surface area contributed by atoms with Gasteiger partial charge in [0, 0.05) is 14.8 Å². The molecule has 1 heterocycles. The van der Waals surface area contributed by atoms with E-state index in [-0.39, 0.29) is 5.78 Å². The molecule has 0 saturated heterocycles. The molecule has 0 saturated carbocycles. The van der Waals surface area contributed by atoms with Gasteiger partial charge in [0.25, 0.3) is 0 Å². The fourth-order valence-electron chi connectivity index (χ4n) is 1.90. The minimum Gasteiger partial charge on any atom is -0.453 e. The van der Waals surface area contributed by atoms with Crippen molar-refractivity contribution in [2.24, 2.45) is 0 Å². The fourth-order valence-corrected chi connectivity index (χ4v) is 3.27. The number of fused-ring (bicyclic) bond motifs is 1. The van der Waals surface area contributed by atoms with Crippen LogP contribution in [-0.2, 0) is 0 Å². The van der Waals surface area contributed by atoms with E-state index in [0.717, 1.165) is 20.3 Å². The highest BCUT2D eigenvalue weighted by molar-refractivity contribution is 9.10. The summed E-state index contributed by atoms with van der Waals surface area (Å²) in [5, 5.41) is 0.961. The van der Waals surface area contributed by atoms with Crippen molar-refractivity contribution in [1.29, 1.82) is 0 Å². The minimum absolute atomic E-state index is 0.00572. The normalized spacial score (nSPS) is 10.8. The van der Waals surface area contributed by atoms with Crippen molar-refractivity contribution in [3.8, 4) is 0 Å². The molecule has 4 heteroatoms. The SMILES string of the molecule is O=C(CSc1cccc(Br)c1)c1cc2ccccc2o1. The summed E-state index contributed by atoms with van der Waals surface area (Å²) in [6, 6.07) is 17.4. The number of para-hydroxylation sites is 1. The number of hydrogen-bond donors (Lipinski definition) is 0. The van der Waals surface area contributed by atoms with E-state index in [4.69, 9.17) is 4.42 Å². The molecule has 100 valence electrons. The van der Waals surface area contributed by atoms with Crippen LogP contribution in [0.2, 0.25) is 0 Å². The van der Waals surface area contributed by atoms with Crippen LogP contribution in [0, 0.1) is 0 Å². The summed E-state index contributed by atoms with van der Waals surface area (Å²) in [4.78, 5) is 13.2. The summed E-state index contributed by atoms with van der Waals surface area (Å²) in [5.74, 6) is 0.802. The lowest BCUT2D eigenvalue weighted by molar-refractivity contribution is 0.0994. The van der Waals surface area contributed by atoms with E-state index in [2.05, 4.69) is 15.9 Å². The number of ketones is 1. The summed E-state index contributed by atoms with van der Waals surface area (Å²) in [6.45, 7) is 0. The van der Waals surface area contributed by atoms with E-state index < -0.39 is 0 Å². The third kappa shape index (κ3) is 2.97. The van der Waals surface area contributed by atoms with Crippen LogP contribution < -0.4 is 0 Å². The van der Waals surface area contributed by atoms with Crippen molar-refractivity contribution in [2.45, 2.75) is 4.90 Å². The van der Waals surface area contributed by atoms with Gasteiger partial charge in [-0.2, -0.15) is 0 Å². The molecule has 0 amide bonds. The van der Waals surface area contributed by atoms with Gasteiger partial charge in [-0.3, -0.25) is 4.79 Å². The lowest BCUT2D eigenvalue weighted by Gasteiger charge is -2.00. The van der Waals surface area contributed by atoms with Crippen molar-refractivity contribution in [3.63, 3.8) is 0 Å². The second-order valence-corrected chi connectivity index (χ2v) is 6.28.